The summed E-state index contributed by atoms with van der Waals surface area (Å²) in [4.78, 5) is 2.67. The first-order valence-electron chi connectivity index (χ1n) is 7.44. The maximum atomic E-state index is 10.0. The summed E-state index contributed by atoms with van der Waals surface area (Å²) >= 11 is 0. The van der Waals surface area contributed by atoms with Crippen LogP contribution in [0.4, 0.5) is 0 Å². The van der Waals surface area contributed by atoms with Gasteiger partial charge in [-0.1, -0.05) is 12.8 Å². The Labute approximate surface area is 105 Å². The van der Waals surface area contributed by atoms with Gasteiger partial charge in [0, 0.05) is 30.7 Å². The van der Waals surface area contributed by atoms with Crippen LogP contribution in [0, 0.1) is 0 Å². The number of hydrogen-bond acceptors (Lipinski definition) is 3. The zero-order valence-corrected chi connectivity index (χ0v) is 10.9. The topological polar surface area (TPSA) is 35.5 Å². The van der Waals surface area contributed by atoms with Gasteiger partial charge in [-0.25, -0.2) is 0 Å². The molecular weight excluding hydrogens is 212 g/mol. The Balaban J connectivity index is 1.51. The summed E-state index contributed by atoms with van der Waals surface area (Å²) in [5.41, 5.74) is 0. The first-order chi connectivity index (χ1) is 8.24. The van der Waals surface area contributed by atoms with Crippen LogP contribution in [0.1, 0.15) is 51.9 Å². The Bertz CT molecular complexity index is 267. The summed E-state index contributed by atoms with van der Waals surface area (Å²) in [7, 11) is 0. The van der Waals surface area contributed by atoms with Gasteiger partial charge in [0.15, 0.2) is 0 Å². The van der Waals surface area contributed by atoms with E-state index in [1.165, 1.54) is 38.6 Å². The second-order valence-corrected chi connectivity index (χ2v) is 6.33. The summed E-state index contributed by atoms with van der Waals surface area (Å²) < 4.78 is 0. The summed E-state index contributed by atoms with van der Waals surface area (Å²) in [5.74, 6) is 0. The smallest absolute Gasteiger partial charge is 0.0693 e. The number of aliphatic hydroxyl groups is 1. The Hall–Kier alpha value is -0.120. The van der Waals surface area contributed by atoms with Gasteiger partial charge in [0.05, 0.1) is 6.10 Å². The Morgan fingerprint density at radius 2 is 1.88 bits per heavy atom. The molecule has 0 aromatic rings. The number of aliphatic hydroxyl groups excluding tert-OH is 1. The lowest BCUT2D eigenvalue weighted by Crippen LogP contribution is -2.48. The van der Waals surface area contributed by atoms with Crippen LogP contribution < -0.4 is 5.32 Å². The van der Waals surface area contributed by atoms with Crippen molar-refractivity contribution in [1.82, 2.24) is 10.2 Å². The molecule has 17 heavy (non-hydrogen) atoms. The fourth-order valence-corrected chi connectivity index (χ4v) is 3.70. The van der Waals surface area contributed by atoms with Crippen LogP contribution >= 0.6 is 0 Å². The van der Waals surface area contributed by atoms with Gasteiger partial charge in [0.2, 0.25) is 0 Å². The van der Waals surface area contributed by atoms with E-state index in [4.69, 9.17) is 0 Å². The molecule has 1 saturated heterocycles. The molecule has 0 radical (unpaired) electrons. The zero-order valence-electron chi connectivity index (χ0n) is 10.9. The van der Waals surface area contributed by atoms with Crippen molar-refractivity contribution in [2.24, 2.45) is 0 Å². The van der Waals surface area contributed by atoms with E-state index in [1.54, 1.807) is 0 Å². The molecule has 98 valence electrons. The molecule has 0 amide bonds. The fourth-order valence-electron chi connectivity index (χ4n) is 3.70. The Morgan fingerprint density at radius 1 is 1.12 bits per heavy atom. The Morgan fingerprint density at radius 3 is 2.59 bits per heavy atom. The third-order valence-corrected chi connectivity index (χ3v) is 4.82. The minimum absolute atomic E-state index is 0.103. The molecule has 3 nitrogen and oxygen atoms in total. The van der Waals surface area contributed by atoms with Crippen LogP contribution in [0.3, 0.4) is 0 Å². The molecule has 4 unspecified atom stereocenters. The van der Waals surface area contributed by atoms with Crippen LogP contribution in [-0.2, 0) is 0 Å². The maximum Gasteiger partial charge on any atom is 0.0693 e. The molecule has 2 N–H and O–H groups in total. The van der Waals surface area contributed by atoms with E-state index in [1.807, 2.05) is 0 Å². The van der Waals surface area contributed by atoms with E-state index in [0.29, 0.717) is 12.1 Å². The number of rotatable bonds is 3. The van der Waals surface area contributed by atoms with E-state index in [2.05, 4.69) is 17.1 Å². The van der Waals surface area contributed by atoms with E-state index in [-0.39, 0.29) is 6.10 Å². The Kier molecular flexibility index (Phi) is 3.42. The van der Waals surface area contributed by atoms with Gasteiger partial charge >= 0.3 is 0 Å². The molecule has 1 heterocycles. The van der Waals surface area contributed by atoms with Crippen molar-refractivity contribution in [2.45, 2.75) is 82.1 Å². The molecule has 0 aromatic heterocycles. The average molecular weight is 238 g/mol. The molecule has 3 aliphatic rings. The number of likely N-dealkylation sites (tertiary alicyclic amines) is 1. The highest BCUT2D eigenvalue weighted by Crippen LogP contribution is 2.33. The first-order valence-corrected chi connectivity index (χ1v) is 7.44. The van der Waals surface area contributed by atoms with Gasteiger partial charge in [-0.05, 0) is 39.0 Å². The molecule has 3 rings (SSSR count). The standard InChI is InChI=1S/C14H26N2O/c1-10-8-11(9-16(10)12-6-7-12)15-13-4-2-3-5-14(13)17/h10-15,17H,2-9H2,1H3. The molecule has 0 spiro atoms. The molecule has 4 atom stereocenters. The van der Waals surface area contributed by atoms with Gasteiger partial charge in [0.1, 0.15) is 0 Å². The summed E-state index contributed by atoms with van der Waals surface area (Å²) in [6.07, 6.45) is 8.61. The minimum Gasteiger partial charge on any atom is -0.392 e. The van der Waals surface area contributed by atoms with Crippen molar-refractivity contribution in [1.29, 1.82) is 0 Å². The summed E-state index contributed by atoms with van der Waals surface area (Å²) in [5, 5.41) is 13.7. The average Bonchev–Trinajstić information content (AvgIpc) is 3.07. The molecule has 0 bridgehead atoms. The highest BCUT2D eigenvalue weighted by atomic mass is 16.3. The van der Waals surface area contributed by atoms with E-state index in [0.717, 1.165) is 24.9 Å². The third-order valence-electron chi connectivity index (χ3n) is 4.82. The lowest BCUT2D eigenvalue weighted by Gasteiger charge is -2.31. The van der Waals surface area contributed by atoms with Crippen molar-refractivity contribution in [2.75, 3.05) is 6.54 Å². The van der Waals surface area contributed by atoms with Crippen molar-refractivity contribution >= 4 is 0 Å². The highest BCUT2D eigenvalue weighted by Gasteiger charge is 2.39. The summed E-state index contributed by atoms with van der Waals surface area (Å²) in [6.45, 7) is 3.56. The molecule has 2 aliphatic carbocycles. The van der Waals surface area contributed by atoms with Crippen LogP contribution in [0.2, 0.25) is 0 Å². The van der Waals surface area contributed by atoms with Gasteiger partial charge in [-0.2, -0.15) is 0 Å². The van der Waals surface area contributed by atoms with Gasteiger partial charge in [-0.3, -0.25) is 4.90 Å². The maximum absolute atomic E-state index is 10.0. The molecule has 1 aliphatic heterocycles. The van der Waals surface area contributed by atoms with Crippen LogP contribution in [0.5, 0.6) is 0 Å². The van der Waals surface area contributed by atoms with Crippen LogP contribution in [0.25, 0.3) is 0 Å². The van der Waals surface area contributed by atoms with E-state index >= 15 is 0 Å². The summed E-state index contributed by atoms with van der Waals surface area (Å²) in [6, 6.07) is 2.59. The second kappa shape index (κ2) is 4.87. The first kappa shape index (κ1) is 11.9. The lowest BCUT2D eigenvalue weighted by molar-refractivity contribution is 0.0851. The zero-order chi connectivity index (χ0) is 11.8. The van der Waals surface area contributed by atoms with E-state index < -0.39 is 0 Å². The van der Waals surface area contributed by atoms with Gasteiger partial charge in [-0.15, -0.1) is 0 Å². The van der Waals surface area contributed by atoms with Crippen molar-refractivity contribution in [3.8, 4) is 0 Å². The lowest BCUT2D eigenvalue weighted by atomic mass is 9.92. The molecule has 0 aromatic carbocycles. The number of hydrogen-bond donors (Lipinski definition) is 2. The number of nitrogens with zero attached hydrogens (tertiary/aromatic N) is 1. The molecule has 2 saturated carbocycles. The van der Waals surface area contributed by atoms with Crippen LogP contribution in [0.15, 0.2) is 0 Å². The quantitative estimate of drug-likeness (QED) is 0.782. The third kappa shape index (κ3) is 2.67. The van der Waals surface area contributed by atoms with Gasteiger partial charge in [0.25, 0.3) is 0 Å². The molecule has 3 fully saturated rings. The van der Waals surface area contributed by atoms with Gasteiger partial charge < -0.3 is 10.4 Å². The normalized spacial score (nSPS) is 44.1. The molecule has 3 heteroatoms. The van der Waals surface area contributed by atoms with Crippen LogP contribution in [-0.4, -0.2) is 46.8 Å². The largest absolute Gasteiger partial charge is 0.392 e. The second-order valence-electron chi connectivity index (χ2n) is 6.33. The van der Waals surface area contributed by atoms with Crippen molar-refractivity contribution in [3.05, 3.63) is 0 Å². The predicted molar refractivity (Wildman–Crippen MR) is 69.0 cm³/mol. The van der Waals surface area contributed by atoms with Crippen molar-refractivity contribution < 1.29 is 5.11 Å². The number of nitrogens with one attached hydrogen (secondary N) is 1. The fraction of sp³-hybridized carbons (Fsp3) is 1.00. The molecular formula is C14H26N2O. The highest BCUT2D eigenvalue weighted by molar-refractivity contribution is 4.97. The monoisotopic (exact) mass is 238 g/mol. The van der Waals surface area contributed by atoms with Crippen molar-refractivity contribution in [3.63, 3.8) is 0 Å². The SMILES string of the molecule is CC1CC(NC2CCCCC2O)CN1C1CC1. The van der Waals surface area contributed by atoms with E-state index in [9.17, 15) is 5.11 Å². The predicted octanol–water partition coefficient (Wildman–Crippen LogP) is 1.50. The minimum atomic E-state index is -0.103.